The average Bonchev–Trinajstić information content (AvgIpc) is 2.65. The molecule has 26 heavy (non-hydrogen) atoms. The minimum absolute atomic E-state index is 0.0293. The van der Waals surface area contributed by atoms with Crippen molar-refractivity contribution >= 4 is 29.2 Å². The molecule has 142 valence electrons. The van der Waals surface area contributed by atoms with Crippen molar-refractivity contribution in [3.05, 3.63) is 28.8 Å². The van der Waals surface area contributed by atoms with E-state index in [-0.39, 0.29) is 11.9 Å². The first kappa shape index (κ1) is 18.9. The van der Waals surface area contributed by atoms with Crippen molar-refractivity contribution in [2.45, 2.75) is 6.92 Å². The van der Waals surface area contributed by atoms with Gasteiger partial charge in [0.05, 0.1) is 39.4 Å². The third-order valence-corrected chi connectivity index (χ3v) is 5.14. The largest absolute Gasteiger partial charge is 0.378 e. The van der Waals surface area contributed by atoms with E-state index in [0.29, 0.717) is 51.0 Å². The van der Waals surface area contributed by atoms with Crippen LogP contribution in [0.25, 0.3) is 0 Å². The van der Waals surface area contributed by atoms with E-state index in [2.05, 4.69) is 5.32 Å². The molecule has 0 radical (unpaired) electrons. The lowest BCUT2D eigenvalue weighted by Gasteiger charge is -2.36. The summed E-state index contributed by atoms with van der Waals surface area (Å²) in [6.45, 7) is 7.78. The van der Waals surface area contributed by atoms with Crippen LogP contribution in [-0.2, 0) is 9.53 Å². The minimum Gasteiger partial charge on any atom is -0.378 e. The fraction of sp³-hybridized carbons (Fsp3) is 0.556. The Bertz CT molecular complexity index is 656. The van der Waals surface area contributed by atoms with E-state index in [1.165, 1.54) is 4.90 Å². The number of quaternary nitrogens is 1. The average molecular weight is 382 g/mol. The van der Waals surface area contributed by atoms with Gasteiger partial charge in [0.2, 0.25) is 0 Å². The Morgan fingerprint density at radius 3 is 2.50 bits per heavy atom. The second-order valence-electron chi connectivity index (χ2n) is 6.80. The zero-order valence-electron chi connectivity index (χ0n) is 15.1. The van der Waals surface area contributed by atoms with Crippen LogP contribution < -0.4 is 10.2 Å². The molecule has 0 spiro atoms. The van der Waals surface area contributed by atoms with Crippen LogP contribution in [0.5, 0.6) is 0 Å². The van der Waals surface area contributed by atoms with Crippen molar-refractivity contribution in [1.29, 1.82) is 0 Å². The normalized spacial score (nSPS) is 18.7. The predicted molar refractivity (Wildman–Crippen MR) is 99.7 cm³/mol. The molecule has 8 heteroatoms. The van der Waals surface area contributed by atoms with Crippen LogP contribution in [0.1, 0.15) is 5.56 Å². The number of anilines is 1. The van der Waals surface area contributed by atoms with Crippen molar-refractivity contribution in [1.82, 2.24) is 9.80 Å². The summed E-state index contributed by atoms with van der Waals surface area (Å²) in [5.41, 5.74) is 1.74. The van der Waals surface area contributed by atoms with Crippen LogP contribution in [0.15, 0.2) is 18.2 Å². The third kappa shape index (κ3) is 4.87. The highest BCUT2D eigenvalue weighted by Gasteiger charge is 2.28. The number of nitrogens with one attached hydrogen (secondary N) is 2. The van der Waals surface area contributed by atoms with Gasteiger partial charge in [-0.05, 0) is 24.6 Å². The van der Waals surface area contributed by atoms with Gasteiger partial charge in [-0.1, -0.05) is 17.7 Å². The number of hydrogen-bond acceptors (Lipinski definition) is 3. The van der Waals surface area contributed by atoms with E-state index < -0.39 is 0 Å². The number of halogens is 1. The van der Waals surface area contributed by atoms with Crippen molar-refractivity contribution in [2.75, 3.05) is 64.3 Å². The fourth-order valence-corrected chi connectivity index (χ4v) is 3.47. The highest BCUT2D eigenvalue weighted by atomic mass is 35.5. The number of aryl methyl sites for hydroxylation is 1. The minimum atomic E-state index is -0.0293. The molecular formula is C18H26ClN4O3+. The standard InChI is InChI=1S/C18H25ClN4O3/c1-14-2-3-15(19)12-16(14)20-17(24)13-21-4-6-22(7-5-21)18(25)23-8-10-26-11-9-23/h2-3,12H,4-11,13H2,1H3,(H,20,24)/p+1. The Morgan fingerprint density at radius 1 is 1.15 bits per heavy atom. The van der Waals surface area contributed by atoms with Gasteiger partial charge in [0.25, 0.3) is 5.91 Å². The second kappa shape index (κ2) is 8.70. The van der Waals surface area contributed by atoms with Gasteiger partial charge in [-0.3, -0.25) is 4.79 Å². The molecule has 0 atom stereocenters. The first-order valence-corrected chi connectivity index (χ1v) is 9.42. The molecule has 0 saturated carbocycles. The lowest BCUT2D eigenvalue weighted by atomic mass is 10.2. The summed E-state index contributed by atoms with van der Waals surface area (Å²) in [4.78, 5) is 29.7. The first-order chi connectivity index (χ1) is 12.5. The molecule has 2 N–H and O–H groups in total. The maximum absolute atomic E-state index is 12.5. The quantitative estimate of drug-likeness (QED) is 0.788. The molecule has 2 aliphatic rings. The summed E-state index contributed by atoms with van der Waals surface area (Å²) in [5.74, 6) is -0.0293. The first-order valence-electron chi connectivity index (χ1n) is 9.04. The van der Waals surface area contributed by atoms with Gasteiger partial charge < -0.3 is 24.8 Å². The number of hydrogen-bond donors (Lipinski definition) is 2. The molecule has 2 heterocycles. The van der Waals surface area contributed by atoms with Gasteiger partial charge in [0.15, 0.2) is 6.54 Å². The molecule has 3 rings (SSSR count). The Kier molecular flexibility index (Phi) is 6.34. The van der Waals surface area contributed by atoms with E-state index in [1.54, 1.807) is 6.07 Å². The Balaban J connectivity index is 1.45. The molecule has 0 aliphatic carbocycles. The third-order valence-electron chi connectivity index (χ3n) is 4.91. The maximum atomic E-state index is 12.5. The van der Waals surface area contributed by atoms with Crippen LogP contribution >= 0.6 is 11.6 Å². The van der Waals surface area contributed by atoms with Crippen LogP contribution in [0, 0.1) is 6.92 Å². The molecule has 1 aromatic rings. The number of nitrogens with zero attached hydrogens (tertiary/aromatic N) is 2. The van der Waals surface area contributed by atoms with Crippen LogP contribution in [0.3, 0.4) is 0 Å². The van der Waals surface area contributed by atoms with E-state index in [0.717, 1.165) is 24.3 Å². The topological polar surface area (TPSA) is 66.3 Å². The Hall–Kier alpha value is -1.83. The van der Waals surface area contributed by atoms with E-state index in [9.17, 15) is 9.59 Å². The van der Waals surface area contributed by atoms with Crippen LogP contribution in [-0.4, -0.2) is 80.8 Å². The summed E-state index contributed by atoms with van der Waals surface area (Å²) in [6, 6.07) is 5.55. The number of carbonyl (C=O) groups is 2. The van der Waals surface area contributed by atoms with E-state index >= 15 is 0 Å². The molecule has 3 amide bonds. The summed E-state index contributed by atoms with van der Waals surface area (Å²) >= 11 is 6.00. The lowest BCUT2D eigenvalue weighted by Crippen LogP contribution is -3.15. The van der Waals surface area contributed by atoms with Gasteiger partial charge in [0.1, 0.15) is 0 Å². The zero-order valence-corrected chi connectivity index (χ0v) is 15.8. The van der Waals surface area contributed by atoms with Crippen molar-refractivity contribution in [3.8, 4) is 0 Å². The number of benzene rings is 1. The zero-order chi connectivity index (χ0) is 18.5. The molecular weight excluding hydrogens is 356 g/mol. The van der Waals surface area contributed by atoms with Crippen molar-refractivity contribution in [2.24, 2.45) is 0 Å². The molecule has 2 saturated heterocycles. The fourth-order valence-electron chi connectivity index (χ4n) is 3.30. The molecule has 1 aromatic carbocycles. The summed E-state index contributed by atoms with van der Waals surface area (Å²) in [7, 11) is 0. The Labute approximate surface area is 158 Å². The van der Waals surface area contributed by atoms with Gasteiger partial charge >= 0.3 is 6.03 Å². The highest BCUT2D eigenvalue weighted by Crippen LogP contribution is 2.19. The van der Waals surface area contributed by atoms with E-state index in [4.69, 9.17) is 16.3 Å². The number of carbonyl (C=O) groups excluding carboxylic acids is 2. The van der Waals surface area contributed by atoms with Gasteiger partial charge in [0, 0.05) is 23.8 Å². The predicted octanol–water partition coefficient (Wildman–Crippen LogP) is 0.240. The number of amides is 3. The second-order valence-corrected chi connectivity index (χ2v) is 7.24. The maximum Gasteiger partial charge on any atom is 0.320 e. The summed E-state index contributed by atoms with van der Waals surface area (Å²) in [5, 5.41) is 3.54. The van der Waals surface area contributed by atoms with Crippen molar-refractivity contribution in [3.63, 3.8) is 0 Å². The molecule has 7 nitrogen and oxygen atoms in total. The molecule has 2 aliphatic heterocycles. The van der Waals surface area contributed by atoms with Gasteiger partial charge in [-0.15, -0.1) is 0 Å². The smallest absolute Gasteiger partial charge is 0.320 e. The number of urea groups is 1. The number of morpholine rings is 1. The molecule has 0 unspecified atom stereocenters. The molecule has 2 fully saturated rings. The lowest BCUT2D eigenvalue weighted by molar-refractivity contribution is -0.895. The highest BCUT2D eigenvalue weighted by molar-refractivity contribution is 6.31. The van der Waals surface area contributed by atoms with Gasteiger partial charge in [-0.2, -0.15) is 0 Å². The summed E-state index contributed by atoms with van der Waals surface area (Å²) < 4.78 is 5.29. The number of ether oxygens (including phenoxy) is 1. The summed E-state index contributed by atoms with van der Waals surface area (Å²) in [6.07, 6.45) is 0. The SMILES string of the molecule is Cc1ccc(Cl)cc1NC(=O)C[NH+]1CCN(C(=O)N2CCOCC2)CC1. The van der Waals surface area contributed by atoms with E-state index in [1.807, 2.05) is 28.9 Å². The van der Waals surface area contributed by atoms with Crippen molar-refractivity contribution < 1.29 is 19.2 Å². The number of piperazine rings is 1. The Morgan fingerprint density at radius 2 is 1.81 bits per heavy atom. The van der Waals surface area contributed by atoms with Gasteiger partial charge in [-0.25, -0.2) is 4.79 Å². The number of rotatable bonds is 3. The monoisotopic (exact) mass is 381 g/mol. The van der Waals surface area contributed by atoms with Crippen LogP contribution in [0.4, 0.5) is 10.5 Å². The van der Waals surface area contributed by atoms with Crippen LogP contribution in [0.2, 0.25) is 5.02 Å². The molecule has 0 aromatic heterocycles. The molecule has 0 bridgehead atoms.